The summed E-state index contributed by atoms with van der Waals surface area (Å²) in [4.78, 5) is 23.7. The fraction of sp³-hybridized carbons (Fsp3) is 0.167. The molecule has 2 aromatic heterocycles. The number of hydrogen-bond acceptors (Lipinski definition) is 6. The summed E-state index contributed by atoms with van der Waals surface area (Å²) in [7, 11) is -3.59. The zero-order valence-electron chi connectivity index (χ0n) is 11.5. The van der Waals surface area contributed by atoms with Crippen LogP contribution in [0.5, 0.6) is 0 Å². The smallest absolute Gasteiger partial charge is 0.273 e. The molecule has 7 nitrogen and oxygen atoms in total. The van der Waals surface area contributed by atoms with Gasteiger partial charge in [0.1, 0.15) is 4.21 Å². The molecule has 2 rings (SSSR count). The molecule has 2 heterocycles. The highest BCUT2D eigenvalue weighted by molar-refractivity contribution is 9.11. The largest absolute Gasteiger partial charge is 0.279 e. The Labute approximate surface area is 149 Å². The highest BCUT2D eigenvalue weighted by Gasteiger charge is 2.15. The Bertz CT molecular complexity index is 786. The average Bonchev–Trinajstić information content (AvgIpc) is 3.16. The standard InChI is InChI=1S/C12H12BrN3O4S3/c13-9-4-3-8(22-9)12(18)16-15-10(17)5-6-14-23(19,20)11-2-1-7-21-11/h1-4,7,14H,5-6H2,(H,15,17)(H,16,18). The van der Waals surface area contributed by atoms with Crippen molar-refractivity contribution < 1.29 is 18.0 Å². The average molecular weight is 438 g/mol. The number of carbonyl (C=O) groups is 2. The quantitative estimate of drug-likeness (QED) is 0.598. The van der Waals surface area contributed by atoms with Crippen LogP contribution in [0.3, 0.4) is 0 Å². The summed E-state index contributed by atoms with van der Waals surface area (Å²) in [5, 5.41) is 1.65. The Hall–Kier alpha value is -1.27. The molecule has 0 saturated carbocycles. The SMILES string of the molecule is O=C(CCNS(=O)(=O)c1cccs1)NNC(=O)c1ccc(Br)s1. The van der Waals surface area contributed by atoms with E-state index in [0.717, 1.165) is 15.1 Å². The van der Waals surface area contributed by atoms with Crippen molar-refractivity contribution in [3.63, 3.8) is 0 Å². The van der Waals surface area contributed by atoms with Crippen molar-refractivity contribution in [1.29, 1.82) is 0 Å². The normalized spacial score (nSPS) is 11.2. The lowest BCUT2D eigenvalue weighted by molar-refractivity contribution is -0.121. The molecule has 0 atom stereocenters. The van der Waals surface area contributed by atoms with Crippen molar-refractivity contribution in [2.75, 3.05) is 6.54 Å². The van der Waals surface area contributed by atoms with Crippen LogP contribution in [0.15, 0.2) is 37.6 Å². The minimum Gasteiger partial charge on any atom is -0.273 e. The number of sulfonamides is 1. The van der Waals surface area contributed by atoms with Gasteiger partial charge in [-0.25, -0.2) is 13.1 Å². The maximum absolute atomic E-state index is 11.8. The van der Waals surface area contributed by atoms with Gasteiger partial charge in [0.05, 0.1) is 8.66 Å². The zero-order chi connectivity index (χ0) is 16.9. The van der Waals surface area contributed by atoms with Gasteiger partial charge >= 0.3 is 0 Å². The van der Waals surface area contributed by atoms with Crippen molar-refractivity contribution in [3.8, 4) is 0 Å². The van der Waals surface area contributed by atoms with Gasteiger partial charge in [0, 0.05) is 13.0 Å². The van der Waals surface area contributed by atoms with Gasteiger partial charge in [0.25, 0.3) is 5.91 Å². The summed E-state index contributed by atoms with van der Waals surface area (Å²) in [5.41, 5.74) is 4.50. The van der Waals surface area contributed by atoms with Gasteiger partial charge in [-0.3, -0.25) is 20.4 Å². The first-order valence-electron chi connectivity index (χ1n) is 6.26. The Morgan fingerprint density at radius 2 is 1.96 bits per heavy atom. The van der Waals surface area contributed by atoms with Crippen molar-refractivity contribution in [2.24, 2.45) is 0 Å². The van der Waals surface area contributed by atoms with Crippen LogP contribution in [-0.2, 0) is 14.8 Å². The number of hydrogen-bond donors (Lipinski definition) is 3. The number of nitrogens with one attached hydrogen (secondary N) is 3. The molecule has 0 unspecified atom stereocenters. The van der Waals surface area contributed by atoms with Crippen molar-refractivity contribution in [2.45, 2.75) is 10.6 Å². The summed E-state index contributed by atoms with van der Waals surface area (Å²) < 4.78 is 27.0. The molecular formula is C12H12BrN3O4S3. The van der Waals surface area contributed by atoms with Gasteiger partial charge < -0.3 is 0 Å². The first-order chi connectivity index (χ1) is 10.9. The topological polar surface area (TPSA) is 104 Å². The molecule has 0 aliphatic carbocycles. The number of rotatable bonds is 6. The van der Waals surface area contributed by atoms with E-state index >= 15 is 0 Å². The van der Waals surface area contributed by atoms with E-state index < -0.39 is 21.8 Å². The second-order valence-corrected chi connectivity index (χ2v) is 9.59. The fourth-order valence-corrected chi connectivity index (χ4v) is 4.82. The highest BCUT2D eigenvalue weighted by Crippen LogP contribution is 2.21. The van der Waals surface area contributed by atoms with Gasteiger partial charge in [0.2, 0.25) is 15.9 Å². The predicted molar refractivity (Wildman–Crippen MR) is 91.8 cm³/mol. The van der Waals surface area contributed by atoms with Gasteiger partial charge in [0.15, 0.2) is 0 Å². The predicted octanol–water partition coefficient (Wildman–Crippen LogP) is 1.70. The second-order valence-electron chi connectivity index (χ2n) is 4.19. The number of carbonyl (C=O) groups excluding carboxylic acids is 2. The minimum atomic E-state index is -3.59. The van der Waals surface area contributed by atoms with Crippen LogP contribution in [0.4, 0.5) is 0 Å². The molecule has 0 aliphatic heterocycles. The van der Waals surface area contributed by atoms with Crippen LogP contribution >= 0.6 is 38.6 Å². The third-order valence-corrected chi connectivity index (χ3v) is 7.00. The third-order valence-electron chi connectivity index (χ3n) is 2.52. The van der Waals surface area contributed by atoms with E-state index in [1.807, 2.05) is 0 Å². The fourth-order valence-electron chi connectivity index (χ4n) is 1.47. The van der Waals surface area contributed by atoms with Gasteiger partial charge in [-0.2, -0.15) is 0 Å². The summed E-state index contributed by atoms with van der Waals surface area (Å²) in [6.45, 7) is -0.0630. The lowest BCUT2D eigenvalue weighted by Crippen LogP contribution is -2.42. The van der Waals surface area contributed by atoms with Crippen LogP contribution in [0.25, 0.3) is 0 Å². The highest BCUT2D eigenvalue weighted by atomic mass is 79.9. The number of halogens is 1. The molecule has 0 saturated heterocycles. The molecule has 0 bridgehead atoms. The Morgan fingerprint density at radius 1 is 1.17 bits per heavy atom. The van der Waals surface area contributed by atoms with Gasteiger partial charge in [-0.1, -0.05) is 6.07 Å². The monoisotopic (exact) mass is 437 g/mol. The molecule has 3 N–H and O–H groups in total. The molecule has 11 heteroatoms. The molecule has 0 spiro atoms. The Balaban J connectivity index is 1.72. The molecule has 0 aromatic carbocycles. The Morgan fingerprint density at radius 3 is 2.57 bits per heavy atom. The van der Waals surface area contributed by atoms with Crippen LogP contribution in [-0.4, -0.2) is 26.8 Å². The first kappa shape index (κ1) is 18.1. The van der Waals surface area contributed by atoms with Gasteiger partial charge in [-0.05, 0) is 39.5 Å². The molecular weight excluding hydrogens is 426 g/mol. The first-order valence-corrected chi connectivity index (χ1v) is 10.2. The second kappa shape index (κ2) is 8.02. The Kier molecular flexibility index (Phi) is 6.30. The zero-order valence-corrected chi connectivity index (χ0v) is 15.6. The van der Waals surface area contributed by atoms with Crippen LogP contribution < -0.4 is 15.6 Å². The molecule has 124 valence electrons. The summed E-state index contributed by atoms with van der Waals surface area (Å²) >= 11 is 5.56. The van der Waals surface area contributed by atoms with E-state index in [9.17, 15) is 18.0 Å². The number of thiophene rings is 2. The maximum Gasteiger partial charge on any atom is 0.279 e. The third kappa shape index (κ3) is 5.39. The van der Waals surface area contributed by atoms with E-state index in [1.54, 1.807) is 23.6 Å². The van der Waals surface area contributed by atoms with Crippen LogP contribution in [0.2, 0.25) is 0 Å². The van der Waals surface area contributed by atoms with E-state index in [-0.39, 0.29) is 17.2 Å². The lowest BCUT2D eigenvalue weighted by Gasteiger charge is -2.07. The number of amides is 2. The molecule has 2 amide bonds. The molecule has 2 aromatic rings. The molecule has 23 heavy (non-hydrogen) atoms. The van der Waals surface area contributed by atoms with E-state index in [2.05, 4.69) is 31.5 Å². The van der Waals surface area contributed by atoms with Gasteiger partial charge in [-0.15, -0.1) is 22.7 Å². The lowest BCUT2D eigenvalue weighted by atomic mass is 10.4. The van der Waals surface area contributed by atoms with E-state index in [1.165, 1.54) is 17.4 Å². The summed E-state index contributed by atoms with van der Waals surface area (Å²) in [6, 6.07) is 6.45. The summed E-state index contributed by atoms with van der Waals surface area (Å²) in [5.74, 6) is -0.934. The molecule has 0 aliphatic rings. The molecule has 0 fully saturated rings. The van der Waals surface area contributed by atoms with Crippen LogP contribution in [0, 0.1) is 0 Å². The maximum atomic E-state index is 11.8. The van der Waals surface area contributed by atoms with Crippen molar-refractivity contribution in [1.82, 2.24) is 15.6 Å². The minimum absolute atomic E-state index is 0.0630. The van der Waals surface area contributed by atoms with Crippen molar-refractivity contribution >= 4 is 60.4 Å². The van der Waals surface area contributed by atoms with E-state index in [4.69, 9.17) is 0 Å². The van der Waals surface area contributed by atoms with Crippen LogP contribution in [0.1, 0.15) is 16.1 Å². The van der Waals surface area contributed by atoms with Crippen molar-refractivity contribution in [3.05, 3.63) is 38.3 Å². The van der Waals surface area contributed by atoms with E-state index in [0.29, 0.717) is 4.88 Å². The number of hydrazine groups is 1. The summed E-state index contributed by atoms with van der Waals surface area (Å²) in [6.07, 6.45) is -0.0982. The molecule has 0 radical (unpaired) electrons.